The number of hydrogen-bond acceptors (Lipinski definition) is 4. The molecule has 0 radical (unpaired) electrons. The van der Waals surface area contributed by atoms with E-state index in [1.165, 1.54) is 11.8 Å². The topological polar surface area (TPSA) is 43.4 Å². The van der Waals surface area contributed by atoms with Gasteiger partial charge in [0.05, 0.1) is 5.75 Å². The van der Waals surface area contributed by atoms with Gasteiger partial charge in [-0.3, -0.25) is 0 Å². The molecule has 0 saturated heterocycles. The molecule has 1 aromatic heterocycles. The van der Waals surface area contributed by atoms with Crippen molar-refractivity contribution in [3.05, 3.63) is 34.1 Å². The average Bonchev–Trinajstić information content (AvgIpc) is 2.26. The van der Waals surface area contributed by atoms with Gasteiger partial charge in [-0.2, -0.15) is 0 Å². The Morgan fingerprint density at radius 2 is 2.36 bits per heavy atom. The molecule has 3 nitrogen and oxygen atoms in total. The van der Waals surface area contributed by atoms with Gasteiger partial charge in [-0.05, 0) is 12.3 Å². The van der Waals surface area contributed by atoms with Crippen LogP contribution >= 0.6 is 11.8 Å². The van der Waals surface area contributed by atoms with Crippen LogP contribution in [0.3, 0.4) is 0 Å². The van der Waals surface area contributed by atoms with Gasteiger partial charge in [0.15, 0.2) is 5.76 Å². The van der Waals surface area contributed by atoms with Crippen molar-refractivity contribution in [2.45, 2.75) is 12.7 Å². The van der Waals surface area contributed by atoms with Crippen LogP contribution in [-0.2, 0) is 5.75 Å². The number of rotatable bonds is 3. The molecule has 60 valence electrons. The zero-order valence-corrected chi connectivity index (χ0v) is 6.94. The molecular formula is C7H8O3S. The van der Waals surface area contributed by atoms with E-state index in [2.05, 4.69) is 11.0 Å². The molecule has 0 aliphatic carbocycles. The van der Waals surface area contributed by atoms with Crippen molar-refractivity contribution in [3.63, 3.8) is 0 Å². The van der Waals surface area contributed by atoms with Crippen molar-refractivity contribution in [3.8, 4) is 0 Å². The van der Waals surface area contributed by atoms with Gasteiger partial charge in [-0.1, -0.05) is 6.58 Å². The predicted octanol–water partition coefficient (Wildman–Crippen LogP) is 1.92. The fourth-order valence-corrected chi connectivity index (χ4v) is 1.17. The van der Waals surface area contributed by atoms with E-state index in [4.69, 9.17) is 4.42 Å². The van der Waals surface area contributed by atoms with Gasteiger partial charge in [-0.15, -0.1) is 11.8 Å². The fourth-order valence-electron chi connectivity index (χ4n) is 0.641. The fraction of sp³-hybridized carbons (Fsp3) is 0.286. The third kappa shape index (κ3) is 2.01. The lowest BCUT2D eigenvalue weighted by atomic mass is 10.4. The Hall–Kier alpha value is -0.900. The highest BCUT2D eigenvalue weighted by Crippen LogP contribution is 2.14. The van der Waals surface area contributed by atoms with Crippen LogP contribution in [0.5, 0.6) is 0 Å². The summed E-state index contributed by atoms with van der Waals surface area (Å²) in [5, 5.41) is 1.69. The third-order valence-corrected chi connectivity index (χ3v) is 1.83. The van der Waals surface area contributed by atoms with Gasteiger partial charge in [0, 0.05) is 0 Å². The Bertz CT molecular complexity index is 297. The van der Waals surface area contributed by atoms with Crippen LogP contribution < -0.4 is 5.82 Å². The van der Waals surface area contributed by atoms with Crippen LogP contribution in [0, 0.1) is 6.92 Å². The Morgan fingerprint density at radius 1 is 1.64 bits per heavy atom. The van der Waals surface area contributed by atoms with E-state index >= 15 is 0 Å². The molecule has 1 heterocycles. The summed E-state index contributed by atoms with van der Waals surface area (Å²) in [7, 11) is 0. The van der Waals surface area contributed by atoms with Gasteiger partial charge < -0.3 is 8.83 Å². The van der Waals surface area contributed by atoms with E-state index in [9.17, 15) is 4.79 Å². The molecular weight excluding hydrogens is 164 g/mol. The highest BCUT2D eigenvalue weighted by atomic mass is 32.2. The Labute approximate surface area is 68.1 Å². The second kappa shape index (κ2) is 3.48. The van der Waals surface area contributed by atoms with E-state index in [0.717, 1.165) is 0 Å². The summed E-state index contributed by atoms with van der Waals surface area (Å²) in [5.74, 6) is 1.09. The van der Waals surface area contributed by atoms with Crippen molar-refractivity contribution in [1.29, 1.82) is 0 Å². The molecule has 0 aliphatic rings. The standard InChI is InChI=1S/C7H8O3S/c1-3-11-4-6-5(2)9-7(8)10-6/h3H,1,4H2,2H3. The molecule has 11 heavy (non-hydrogen) atoms. The largest absolute Gasteiger partial charge is 0.519 e. The molecule has 0 aliphatic heterocycles. The zero-order chi connectivity index (χ0) is 8.27. The minimum absolute atomic E-state index is 0.546. The summed E-state index contributed by atoms with van der Waals surface area (Å²) in [6.07, 6.45) is 0. The van der Waals surface area contributed by atoms with Crippen molar-refractivity contribution in [1.82, 2.24) is 0 Å². The summed E-state index contributed by atoms with van der Waals surface area (Å²) in [6, 6.07) is 0. The van der Waals surface area contributed by atoms with Crippen LogP contribution in [0.2, 0.25) is 0 Å². The predicted molar refractivity (Wildman–Crippen MR) is 43.5 cm³/mol. The molecule has 1 aromatic rings. The lowest BCUT2D eigenvalue weighted by Gasteiger charge is -1.88. The maximum absolute atomic E-state index is 10.5. The van der Waals surface area contributed by atoms with Gasteiger partial charge in [0.1, 0.15) is 5.76 Å². The second-order valence-electron chi connectivity index (χ2n) is 1.91. The zero-order valence-electron chi connectivity index (χ0n) is 6.12. The Morgan fingerprint density at radius 3 is 2.82 bits per heavy atom. The normalized spacial score (nSPS) is 9.91. The first kappa shape index (κ1) is 8.20. The van der Waals surface area contributed by atoms with Crippen molar-refractivity contribution >= 4 is 11.8 Å². The quantitative estimate of drug-likeness (QED) is 0.698. The molecule has 0 saturated carbocycles. The number of aryl methyl sites for hydroxylation is 1. The van der Waals surface area contributed by atoms with Crippen molar-refractivity contribution < 1.29 is 8.83 Å². The third-order valence-electron chi connectivity index (χ3n) is 1.17. The molecule has 0 aromatic carbocycles. The lowest BCUT2D eigenvalue weighted by Crippen LogP contribution is -1.85. The summed E-state index contributed by atoms with van der Waals surface area (Å²) in [4.78, 5) is 10.5. The molecule has 0 bridgehead atoms. The molecule has 0 amide bonds. The summed E-state index contributed by atoms with van der Waals surface area (Å²) < 4.78 is 9.37. The molecule has 1 rings (SSSR count). The van der Waals surface area contributed by atoms with Gasteiger partial charge in [-0.25, -0.2) is 4.79 Å². The van der Waals surface area contributed by atoms with Crippen molar-refractivity contribution in [2.75, 3.05) is 0 Å². The molecule has 0 atom stereocenters. The van der Waals surface area contributed by atoms with Crippen LogP contribution in [0.15, 0.2) is 25.6 Å². The van der Waals surface area contributed by atoms with Gasteiger partial charge in [0.25, 0.3) is 0 Å². The average molecular weight is 172 g/mol. The van der Waals surface area contributed by atoms with Crippen LogP contribution in [0.4, 0.5) is 0 Å². The van der Waals surface area contributed by atoms with Gasteiger partial charge in [0.2, 0.25) is 0 Å². The van der Waals surface area contributed by atoms with Crippen LogP contribution in [0.25, 0.3) is 0 Å². The number of thioether (sulfide) groups is 1. The van der Waals surface area contributed by atoms with Crippen molar-refractivity contribution in [2.24, 2.45) is 0 Å². The van der Waals surface area contributed by atoms with Crippen LogP contribution in [-0.4, -0.2) is 0 Å². The Kier molecular flexibility index (Phi) is 2.59. The summed E-state index contributed by atoms with van der Waals surface area (Å²) in [6.45, 7) is 5.22. The smallest absolute Gasteiger partial charge is 0.396 e. The van der Waals surface area contributed by atoms with E-state index in [1.807, 2.05) is 0 Å². The molecule has 0 N–H and O–H groups in total. The highest BCUT2D eigenvalue weighted by molar-refractivity contribution is 8.01. The minimum atomic E-state index is -0.637. The van der Waals surface area contributed by atoms with E-state index < -0.39 is 5.82 Å². The van der Waals surface area contributed by atoms with Gasteiger partial charge >= 0.3 is 5.82 Å². The summed E-state index contributed by atoms with van der Waals surface area (Å²) in [5.41, 5.74) is 0. The maximum Gasteiger partial charge on any atom is 0.519 e. The summed E-state index contributed by atoms with van der Waals surface area (Å²) >= 11 is 1.46. The Balaban J connectivity index is 2.77. The minimum Gasteiger partial charge on any atom is -0.396 e. The van der Waals surface area contributed by atoms with Crippen LogP contribution in [0.1, 0.15) is 11.5 Å². The molecule has 0 unspecified atom stereocenters. The monoisotopic (exact) mass is 172 g/mol. The van der Waals surface area contributed by atoms with E-state index in [-0.39, 0.29) is 0 Å². The lowest BCUT2D eigenvalue weighted by molar-refractivity contribution is 0.372. The SMILES string of the molecule is C=CSCc1oc(=O)oc1C. The molecule has 0 fully saturated rings. The molecule has 4 heteroatoms. The second-order valence-corrected chi connectivity index (χ2v) is 2.87. The molecule has 0 spiro atoms. The maximum atomic E-state index is 10.5. The highest BCUT2D eigenvalue weighted by Gasteiger charge is 2.06. The number of hydrogen-bond donors (Lipinski definition) is 0. The first-order valence-corrected chi connectivity index (χ1v) is 4.11. The van der Waals surface area contributed by atoms with E-state index in [0.29, 0.717) is 17.3 Å². The first-order chi connectivity index (χ1) is 5.24. The first-order valence-electron chi connectivity index (χ1n) is 3.06. The van der Waals surface area contributed by atoms with E-state index in [1.54, 1.807) is 12.3 Å².